The van der Waals surface area contributed by atoms with E-state index in [1.54, 1.807) is 0 Å². The maximum Gasteiger partial charge on any atom is 0.328 e. The molecule has 4 nitrogen and oxygen atoms in total. The molecule has 0 heterocycles. The molecule has 0 bridgehead atoms. The molecule has 0 aliphatic rings. The van der Waals surface area contributed by atoms with Crippen LogP contribution in [-0.2, 0) is 9.53 Å². The number of rotatable bonds is 5. The van der Waals surface area contributed by atoms with Crippen molar-refractivity contribution in [2.75, 3.05) is 19.0 Å². The zero-order valence-corrected chi connectivity index (χ0v) is 8.54. The molecular formula is C10H11F2NO3. The average molecular weight is 231 g/mol. The molecule has 0 aromatic heterocycles. The van der Waals surface area contributed by atoms with E-state index >= 15 is 0 Å². The van der Waals surface area contributed by atoms with Crippen molar-refractivity contribution in [2.45, 2.75) is 6.04 Å². The van der Waals surface area contributed by atoms with Gasteiger partial charge in [-0.25, -0.2) is 13.6 Å². The molecule has 1 unspecified atom stereocenters. The molecule has 0 aliphatic carbocycles. The number of para-hydroxylation sites is 1. The quantitative estimate of drug-likeness (QED) is 0.805. The third-order valence-electron chi connectivity index (χ3n) is 1.91. The number of hydrogen-bond donors (Lipinski definition) is 2. The number of carboxylic acid groups (broad SMARTS) is 1. The second-order valence-electron chi connectivity index (χ2n) is 3.09. The first-order valence-electron chi connectivity index (χ1n) is 4.48. The Kier molecular flexibility index (Phi) is 4.19. The summed E-state index contributed by atoms with van der Waals surface area (Å²) in [6.45, 7) is -0.191. The number of benzene rings is 1. The van der Waals surface area contributed by atoms with E-state index in [4.69, 9.17) is 5.11 Å². The number of nitrogens with one attached hydrogen (secondary N) is 1. The molecule has 1 aromatic rings. The Morgan fingerprint density at radius 3 is 2.50 bits per heavy atom. The monoisotopic (exact) mass is 231 g/mol. The molecular weight excluding hydrogens is 220 g/mol. The van der Waals surface area contributed by atoms with Crippen molar-refractivity contribution in [1.82, 2.24) is 0 Å². The zero-order valence-electron chi connectivity index (χ0n) is 8.54. The number of carbonyl (C=O) groups is 1. The number of hydrogen-bond acceptors (Lipinski definition) is 3. The van der Waals surface area contributed by atoms with Crippen molar-refractivity contribution >= 4 is 11.7 Å². The molecule has 0 spiro atoms. The van der Waals surface area contributed by atoms with Crippen LogP contribution in [0.15, 0.2) is 18.2 Å². The van der Waals surface area contributed by atoms with Crippen molar-refractivity contribution in [1.29, 1.82) is 0 Å². The molecule has 1 atom stereocenters. The van der Waals surface area contributed by atoms with E-state index in [0.29, 0.717) is 0 Å². The fraction of sp³-hybridized carbons (Fsp3) is 0.300. The van der Waals surface area contributed by atoms with Gasteiger partial charge in [-0.05, 0) is 12.1 Å². The number of anilines is 1. The summed E-state index contributed by atoms with van der Waals surface area (Å²) in [5.74, 6) is -2.94. The molecule has 0 saturated heterocycles. The summed E-state index contributed by atoms with van der Waals surface area (Å²) in [4.78, 5) is 10.7. The predicted molar refractivity (Wildman–Crippen MR) is 53.3 cm³/mol. The summed E-state index contributed by atoms with van der Waals surface area (Å²) < 4.78 is 31.0. The smallest absolute Gasteiger partial charge is 0.328 e. The Hall–Kier alpha value is -1.69. The third kappa shape index (κ3) is 2.90. The van der Waals surface area contributed by atoms with Gasteiger partial charge in [-0.1, -0.05) is 6.07 Å². The molecule has 1 aromatic carbocycles. The summed E-state index contributed by atoms with van der Waals surface area (Å²) in [6.07, 6.45) is 0. The summed E-state index contributed by atoms with van der Waals surface area (Å²) in [5, 5.41) is 11.0. The van der Waals surface area contributed by atoms with E-state index in [9.17, 15) is 13.6 Å². The normalized spacial score (nSPS) is 12.2. The van der Waals surface area contributed by atoms with Gasteiger partial charge in [0.2, 0.25) is 0 Å². The van der Waals surface area contributed by atoms with Crippen molar-refractivity contribution in [2.24, 2.45) is 0 Å². The number of halogens is 2. The highest BCUT2D eigenvalue weighted by atomic mass is 19.1. The standard InChI is InChI=1S/C10H11F2NO3/c1-16-5-8(10(14)15)13-9-6(11)3-2-4-7(9)12/h2-4,8,13H,5H2,1H3,(H,14,15). The van der Waals surface area contributed by atoms with E-state index < -0.39 is 29.3 Å². The maximum absolute atomic E-state index is 13.2. The Morgan fingerprint density at radius 1 is 1.50 bits per heavy atom. The van der Waals surface area contributed by atoms with Crippen LogP contribution < -0.4 is 5.32 Å². The molecule has 2 N–H and O–H groups in total. The van der Waals surface area contributed by atoms with Gasteiger partial charge in [0.05, 0.1) is 6.61 Å². The molecule has 0 amide bonds. The molecule has 0 fully saturated rings. The van der Waals surface area contributed by atoms with Gasteiger partial charge in [0.25, 0.3) is 0 Å². The van der Waals surface area contributed by atoms with E-state index in [1.807, 2.05) is 0 Å². The minimum atomic E-state index is -1.25. The zero-order chi connectivity index (χ0) is 12.1. The van der Waals surface area contributed by atoms with Gasteiger partial charge in [0.15, 0.2) is 0 Å². The highest BCUT2D eigenvalue weighted by Crippen LogP contribution is 2.18. The lowest BCUT2D eigenvalue weighted by molar-refractivity contribution is -0.139. The Labute approximate surface area is 90.8 Å². The van der Waals surface area contributed by atoms with Gasteiger partial charge in [-0.3, -0.25) is 0 Å². The van der Waals surface area contributed by atoms with Gasteiger partial charge in [-0.2, -0.15) is 0 Å². The van der Waals surface area contributed by atoms with Gasteiger partial charge in [-0.15, -0.1) is 0 Å². The van der Waals surface area contributed by atoms with Crippen molar-refractivity contribution in [3.05, 3.63) is 29.8 Å². The van der Waals surface area contributed by atoms with Crippen LogP contribution in [-0.4, -0.2) is 30.8 Å². The Bertz CT molecular complexity index is 364. The highest BCUT2D eigenvalue weighted by Gasteiger charge is 2.20. The van der Waals surface area contributed by atoms with Gasteiger partial charge in [0, 0.05) is 7.11 Å². The van der Waals surface area contributed by atoms with Crippen LogP contribution in [0.5, 0.6) is 0 Å². The van der Waals surface area contributed by atoms with Crippen LogP contribution in [0.3, 0.4) is 0 Å². The summed E-state index contributed by atoms with van der Waals surface area (Å²) in [5.41, 5.74) is -0.466. The minimum absolute atomic E-state index is 0.191. The average Bonchev–Trinajstić information content (AvgIpc) is 2.21. The second kappa shape index (κ2) is 5.41. The van der Waals surface area contributed by atoms with E-state index in [2.05, 4.69) is 10.1 Å². The van der Waals surface area contributed by atoms with Gasteiger partial charge in [0.1, 0.15) is 23.4 Å². The number of ether oxygens (including phenoxy) is 1. The van der Waals surface area contributed by atoms with E-state index in [1.165, 1.54) is 13.2 Å². The largest absolute Gasteiger partial charge is 0.480 e. The van der Waals surface area contributed by atoms with Gasteiger partial charge >= 0.3 is 5.97 Å². The Balaban J connectivity index is 2.89. The molecule has 0 radical (unpaired) electrons. The summed E-state index contributed by atoms with van der Waals surface area (Å²) in [6, 6.07) is 2.08. The SMILES string of the molecule is COCC(Nc1c(F)cccc1F)C(=O)O. The van der Waals surface area contributed by atoms with Crippen molar-refractivity contribution < 1.29 is 23.4 Å². The van der Waals surface area contributed by atoms with Crippen molar-refractivity contribution in [3.8, 4) is 0 Å². The fourth-order valence-corrected chi connectivity index (χ4v) is 1.15. The lowest BCUT2D eigenvalue weighted by atomic mass is 10.2. The highest BCUT2D eigenvalue weighted by molar-refractivity contribution is 5.77. The molecule has 0 saturated carbocycles. The lowest BCUT2D eigenvalue weighted by Gasteiger charge is -2.15. The summed E-state index contributed by atoms with van der Waals surface area (Å²) >= 11 is 0. The van der Waals surface area contributed by atoms with E-state index in [0.717, 1.165) is 12.1 Å². The fourth-order valence-electron chi connectivity index (χ4n) is 1.15. The van der Waals surface area contributed by atoms with Crippen LogP contribution in [0.1, 0.15) is 0 Å². The number of aliphatic carboxylic acids is 1. The molecule has 0 aliphatic heterocycles. The first kappa shape index (κ1) is 12.4. The number of carboxylic acids is 1. The third-order valence-corrected chi connectivity index (χ3v) is 1.91. The van der Waals surface area contributed by atoms with Crippen LogP contribution in [0.4, 0.5) is 14.5 Å². The molecule has 6 heteroatoms. The van der Waals surface area contributed by atoms with Crippen molar-refractivity contribution in [3.63, 3.8) is 0 Å². The van der Waals surface area contributed by atoms with Crippen LogP contribution in [0.25, 0.3) is 0 Å². The van der Waals surface area contributed by atoms with Crippen LogP contribution >= 0.6 is 0 Å². The first-order chi connectivity index (χ1) is 7.56. The predicted octanol–water partition coefficient (Wildman–Crippen LogP) is 1.48. The van der Waals surface area contributed by atoms with E-state index in [-0.39, 0.29) is 6.61 Å². The first-order valence-corrected chi connectivity index (χ1v) is 4.48. The number of methoxy groups -OCH3 is 1. The lowest BCUT2D eigenvalue weighted by Crippen LogP contribution is -2.34. The maximum atomic E-state index is 13.2. The molecule has 88 valence electrons. The summed E-state index contributed by atoms with van der Waals surface area (Å²) in [7, 11) is 1.30. The minimum Gasteiger partial charge on any atom is -0.480 e. The van der Waals surface area contributed by atoms with Crippen LogP contribution in [0, 0.1) is 11.6 Å². The molecule has 16 heavy (non-hydrogen) atoms. The second-order valence-corrected chi connectivity index (χ2v) is 3.09. The van der Waals surface area contributed by atoms with Gasteiger partial charge < -0.3 is 15.2 Å². The Morgan fingerprint density at radius 2 is 2.06 bits per heavy atom. The topological polar surface area (TPSA) is 58.6 Å². The molecule has 1 rings (SSSR count). The van der Waals surface area contributed by atoms with Crippen LogP contribution in [0.2, 0.25) is 0 Å².